The van der Waals surface area contributed by atoms with E-state index in [1.54, 1.807) is 0 Å². The van der Waals surface area contributed by atoms with E-state index in [-0.39, 0.29) is 0 Å². The monoisotopic (exact) mass is 326 g/mol. The Morgan fingerprint density at radius 1 is 1.11 bits per heavy atom. The summed E-state index contributed by atoms with van der Waals surface area (Å²) in [4.78, 5) is 0. The van der Waals surface area contributed by atoms with Crippen LogP contribution in [-0.2, 0) is 0 Å². The fourth-order valence-electron chi connectivity index (χ4n) is 1.99. The van der Waals surface area contributed by atoms with Crippen molar-refractivity contribution in [3.63, 3.8) is 0 Å². The minimum atomic E-state index is -0.626. The second-order valence-electron chi connectivity index (χ2n) is 4.33. The quantitative estimate of drug-likeness (QED) is 0.668. The normalized spacial score (nSPS) is 12.5. The molecule has 0 aliphatic heterocycles. The average Bonchev–Trinajstić information content (AvgIpc) is 2.33. The Hall–Kier alpha value is -1.30. The Kier molecular flexibility index (Phi) is 4.29. The SMILES string of the molecule is Cc1ccc(Br)c(C(NN)c2cc(F)cc(F)c2)c1. The Labute approximate surface area is 118 Å². The van der Waals surface area contributed by atoms with E-state index in [1.165, 1.54) is 12.1 Å². The second kappa shape index (κ2) is 5.77. The number of halogens is 3. The summed E-state index contributed by atoms with van der Waals surface area (Å²) in [5.41, 5.74) is 4.89. The first-order valence-corrected chi connectivity index (χ1v) is 6.48. The molecule has 0 heterocycles. The Morgan fingerprint density at radius 2 is 1.74 bits per heavy atom. The summed E-state index contributed by atoms with van der Waals surface area (Å²) in [5, 5.41) is 0. The smallest absolute Gasteiger partial charge is 0.126 e. The molecule has 5 heteroatoms. The van der Waals surface area contributed by atoms with Gasteiger partial charge in [-0.15, -0.1) is 0 Å². The maximum atomic E-state index is 13.3. The van der Waals surface area contributed by atoms with Crippen molar-refractivity contribution in [1.82, 2.24) is 5.43 Å². The van der Waals surface area contributed by atoms with Crippen LogP contribution in [0.1, 0.15) is 22.7 Å². The largest absolute Gasteiger partial charge is 0.271 e. The van der Waals surface area contributed by atoms with Gasteiger partial charge in [0.25, 0.3) is 0 Å². The van der Waals surface area contributed by atoms with Gasteiger partial charge in [0.1, 0.15) is 11.6 Å². The number of hydrazine groups is 1. The molecule has 1 unspecified atom stereocenters. The van der Waals surface area contributed by atoms with Crippen LogP contribution in [0.25, 0.3) is 0 Å². The highest BCUT2D eigenvalue weighted by molar-refractivity contribution is 9.10. The molecule has 0 amide bonds. The van der Waals surface area contributed by atoms with Crippen molar-refractivity contribution in [3.8, 4) is 0 Å². The van der Waals surface area contributed by atoms with E-state index in [0.717, 1.165) is 21.7 Å². The number of hydrogen-bond donors (Lipinski definition) is 2. The third kappa shape index (κ3) is 3.18. The predicted molar refractivity (Wildman–Crippen MR) is 74.4 cm³/mol. The number of hydrogen-bond acceptors (Lipinski definition) is 2. The lowest BCUT2D eigenvalue weighted by atomic mass is 9.97. The highest BCUT2D eigenvalue weighted by atomic mass is 79.9. The van der Waals surface area contributed by atoms with Crippen molar-refractivity contribution in [2.45, 2.75) is 13.0 Å². The van der Waals surface area contributed by atoms with Crippen molar-refractivity contribution in [2.24, 2.45) is 5.84 Å². The van der Waals surface area contributed by atoms with E-state index in [9.17, 15) is 8.78 Å². The van der Waals surface area contributed by atoms with Crippen LogP contribution < -0.4 is 11.3 Å². The van der Waals surface area contributed by atoms with Gasteiger partial charge in [-0.1, -0.05) is 33.6 Å². The lowest BCUT2D eigenvalue weighted by molar-refractivity contribution is 0.565. The van der Waals surface area contributed by atoms with Gasteiger partial charge in [0.2, 0.25) is 0 Å². The minimum absolute atomic E-state index is 0.436. The van der Waals surface area contributed by atoms with Gasteiger partial charge >= 0.3 is 0 Å². The molecule has 0 radical (unpaired) electrons. The highest BCUT2D eigenvalue weighted by Gasteiger charge is 2.17. The first-order chi connectivity index (χ1) is 9.01. The van der Waals surface area contributed by atoms with Gasteiger partial charge in [-0.25, -0.2) is 14.2 Å². The Balaban J connectivity index is 2.52. The number of nitrogens with one attached hydrogen (secondary N) is 1. The molecule has 2 aromatic carbocycles. The molecule has 0 fully saturated rings. The van der Waals surface area contributed by atoms with Gasteiger partial charge in [0.15, 0.2) is 0 Å². The summed E-state index contributed by atoms with van der Waals surface area (Å²) < 4.78 is 27.4. The summed E-state index contributed by atoms with van der Waals surface area (Å²) in [7, 11) is 0. The maximum Gasteiger partial charge on any atom is 0.126 e. The van der Waals surface area contributed by atoms with Crippen molar-refractivity contribution < 1.29 is 8.78 Å². The van der Waals surface area contributed by atoms with Crippen LogP contribution in [0.4, 0.5) is 8.78 Å². The molecule has 100 valence electrons. The van der Waals surface area contributed by atoms with E-state index in [0.29, 0.717) is 5.56 Å². The van der Waals surface area contributed by atoms with E-state index in [1.807, 2.05) is 25.1 Å². The van der Waals surface area contributed by atoms with E-state index >= 15 is 0 Å². The lowest BCUT2D eigenvalue weighted by Gasteiger charge is -2.19. The standard InChI is InChI=1S/C14H13BrF2N2/c1-8-2-3-13(15)12(4-8)14(19-18)9-5-10(16)7-11(17)6-9/h2-7,14,19H,18H2,1H3. The summed E-state index contributed by atoms with van der Waals surface area (Å²) in [5.74, 6) is 4.29. The Bertz CT molecular complexity index is 582. The number of rotatable bonds is 3. The summed E-state index contributed by atoms with van der Waals surface area (Å²) in [6.45, 7) is 1.94. The van der Waals surface area contributed by atoms with Gasteiger partial charge in [0.05, 0.1) is 6.04 Å². The molecule has 3 N–H and O–H groups in total. The van der Waals surface area contributed by atoms with Crippen molar-refractivity contribution in [2.75, 3.05) is 0 Å². The summed E-state index contributed by atoms with van der Waals surface area (Å²) in [6.07, 6.45) is 0. The molecule has 19 heavy (non-hydrogen) atoms. The first kappa shape index (κ1) is 14.1. The van der Waals surface area contributed by atoms with Crippen molar-refractivity contribution >= 4 is 15.9 Å². The second-order valence-corrected chi connectivity index (χ2v) is 5.18. The lowest BCUT2D eigenvalue weighted by Crippen LogP contribution is -2.29. The zero-order valence-electron chi connectivity index (χ0n) is 10.3. The topological polar surface area (TPSA) is 38.0 Å². The molecular formula is C14H13BrF2N2. The van der Waals surface area contributed by atoms with Gasteiger partial charge in [-0.3, -0.25) is 5.84 Å². The third-order valence-corrected chi connectivity index (χ3v) is 3.57. The molecule has 0 aromatic heterocycles. The average molecular weight is 327 g/mol. The number of benzene rings is 2. The molecule has 0 bridgehead atoms. The van der Waals surface area contributed by atoms with Crippen LogP contribution in [0.3, 0.4) is 0 Å². The fourth-order valence-corrected chi connectivity index (χ4v) is 2.47. The van der Waals surface area contributed by atoms with Gasteiger partial charge < -0.3 is 0 Å². The molecule has 1 atom stereocenters. The van der Waals surface area contributed by atoms with Crippen LogP contribution in [-0.4, -0.2) is 0 Å². The molecular weight excluding hydrogens is 314 g/mol. The summed E-state index contributed by atoms with van der Waals surface area (Å²) in [6, 6.07) is 8.61. The van der Waals surface area contributed by atoms with Crippen molar-refractivity contribution in [1.29, 1.82) is 0 Å². The molecule has 2 aromatic rings. The molecule has 0 aliphatic rings. The van der Waals surface area contributed by atoms with E-state index < -0.39 is 17.7 Å². The van der Waals surface area contributed by atoms with Crippen LogP contribution in [0.15, 0.2) is 40.9 Å². The number of aryl methyl sites for hydroxylation is 1. The van der Waals surface area contributed by atoms with E-state index in [4.69, 9.17) is 5.84 Å². The van der Waals surface area contributed by atoms with Crippen molar-refractivity contribution in [3.05, 3.63) is 69.2 Å². The first-order valence-electron chi connectivity index (χ1n) is 5.69. The van der Waals surface area contributed by atoms with Crippen LogP contribution in [0.5, 0.6) is 0 Å². The molecule has 0 spiro atoms. The van der Waals surface area contributed by atoms with Gasteiger partial charge in [-0.05, 0) is 36.2 Å². The molecule has 2 nitrogen and oxygen atoms in total. The Morgan fingerprint density at radius 3 is 2.32 bits per heavy atom. The zero-order valence-corrected chi connectivity index (χ0v) is 11.8. The highest BCUT2D eigenvalue weighted by Crippen LogP contribution is 2.29. The van der Waals surface area contributed by atoms with Gasteiger partial charge in [-0.2, -0.15) is 0 Å². The fraction of sp³-hybridized carbons (Fsp3) is 0.143. The van der Waals surface area contributed by atoms with Crippen LogP contribution in [0, 0.1) is 18.6 Å². The van der Waals surface area contributed by atoms with Crippen LogP contribution >= 0.6 is 15.9 Å². The minimum Gasteiger partial charge on any atom is -0.271 e. The molecule has 0 saturated heterocycles. The predicted octanol–water partition coefficient (Wildman–Crippen LogP) is 3.59. The summed E-state index contributed by atoms with van der Waals surface area (Å²) >= 11 is 3.42. The third-order valence-electron chi connectivity index (χ3n) is 2.85. The molecule has 2 rings (SSSR count). The molecule has 0 aliphatic carbocycles. The molecule has 0 saturated carbocycles. The maximum absolute atomic E-state index is 13.3. The van der Waals surface area contributed by atoms with Gasteiger partial charge in [0, 0.05) is 10.5 Å². The zero-order chi connectivity index (χ0) is 14.0. The number of nitrogens with two attached hydrogens (primary N) is 1. The van der Waals surface area contributed by atoms with E-state index in [2.05, 4.69) is 21.4 Å². The van der Waals surface area contributed by atoms with Crippen LogP contribution in [0.2, 0.25) is 0 Å².